The minimum Gasteiger partial charge on any atom is -0.312 e. The average Bonchev–Trinajstić information content (AvgIpc) is 2.70. The van der Waals surface area contributed by atoms with E-state index in [0.29, 0.717) is 0 Å². The number of nitrogens with one attached hydrogen (secondary N) is 1. The topological polar surface area (TPSA) is 32.9 Å². The van der Waals surface area contributed by atoms with Gasteiger partial charge in [-0.15, -0.1) is 0 Å². The summed E-state index contributed by atoms with van der Waals surface area (Å²) in [4.78, 5) is 14.2. The molecule has 0 bridgehead atoms. The zero-order chi connectivity index (χ0) is 11.8. The summed E-state index contributed by atoms with van der Waals surface area (Å²) >= 11 is 1.27. The quantitative estimate of drug-likeness (QED) is 0.694. The summed E-state index contributed by atoms with van der Waals surface area (Å²) < 4.78 is 1.03. The van der Waals surface area contributed by atoms with E-state index in [1.807, 2.05) is 12.1 Å². The molecule has 3 rings (SSSR count). The van der Waals surface area contributed by atoms with Gasteiger partial charge in [0.25, 0.3) is 0 Å². The predicted molar refractivity (Wildman–Crippen MR) is 72.6 cm³/mol. The Kier molecular flexibility index (Phi) is 2.34. The van der Waals surface area contributed by atoms with E-state index in [4.69, 9.17) is 0 Å². The Morgan fingerprint density at radius 2 is 1.82 bits per heavy atom. The summed E-state index contributed by atoms with van der Waals surface area (Å²) in [6.07, 6.45) is 0. The minimum atomic E-state index is -0.000406. The first-order chi connectivity index (χ1) is 8.24. The molecule has 3 aromatic rings. The summed E-state index contributed by atoms with van der Waals surface area (Å²) in [5, 5.41) is 0. The number of hydrogen-bond donors (Lipinski definition) is 1. The van der Waals surface area contributed by atoms with Crippen molar-refractivity contribution in [2.75, 3.05) is 0 Å². The summed E-state index contributed by atoms with van der Waals surface area (Å²) in [6, 6.07) is 14.3. The standard InChI is InChI=1S/C14H11NOS/c1-9-5-7-10(8-6-9)11-3-2-4-12-13(11)17-14(16)15-12/h2-8H,1H3,(H,15,16). The maximum atomic E-state index is 11.4. The maximum absolute atomic E-state index is 11.4. The van der Waals surface area contributed by atoms with Crippen molar-refractivity contribution >= 4 is 21.6 Å². The zero-order valence-electron chi connectivity index (χ0n) is 9.36. The van der Waals surface area contributed by atoms with Gasteiger partial charge in [0.15, 0.2) is 0 Å². The zero-order valence-corrected chi connectivity index (χ0v) is 10.2. The van der Waals surface area contributed by atoms with Crippen LogP contribution >= 0.6 is 11.3 Å². The molecular formula is C14H11NOS. The number of aromatic nitrogens is 1. The number of benzene rings is 2. The highest BCUT2D eigenvalue weighted by Gasteiger charge is 2.06. The van der Waals surface area contributed by atoms with E-state index in [2.05, 4.69) is 42.2 Å². The number of aryl methyl sites for hydroxylation is 1. The van der Waals surface area contributed by atoms with Crippen LogP contribution in [0.2, 0.25) is 0 Å². The second-order valence-corrected chi connectivity index (χ2v) is 5.05. The fraction of sp³-hybridized carbons (Fsp3) is 0.0714. The van der Waals surface area contributed by atoms with Gasteiger partial charge in [-0.1, -0.05) is 53.3 Å². The van der Waals surface area contributed by atoms with Crippen LogP contribution in [0.1, 0.15) is 5.56 Å². The second-order valence-electron chi connectivity index (χ2n) is 4.06. The molecule has 0 saturated carbocycles. The Labute approximate surface area is 103 Å². The van der Waals surface area contributed by atoms with Crippen molar-refractivity contribution in [1.29, 1.82) is 0 Å². The van der Waals surface area contributed by atoms with Crippen molar-refractivity contribution in [3.8, 4) is 11.1 Å². The first kappa shape index (κ1) is 10.3. The lowest BCUT2D eigenvalue weighted by atomic mass is 10.0. The van der Waals surface area contributed by atoms with Crippen molar-refractivity contribution in [1.82, 2.24) is 4.98 Å². The monoisotopic (exact) mass is 241 g/mol. The van der Waals surface area contributed by atoms with E-state index in [-0.39, 0.29) is 4.87 Å². The highest BCUT2D eigenvalue weighted by atomic mass is 32.1. The lowest BCUT2D eigenvalue weighted by Gasteiger charge is -2.03. The smallest absolute Gasteiger partial charge is 0.305 e. The van der Waals surface area contributed by atoms with Crippen molar-refractivity contribution in [3.63, 3.8) is 0 Å². The Bertz CT molecular complexity index is 722. The van der Waals surface area contributed by atoms with Gasteiger partial charge in [0, 0.05) is 5.56 Å². The van der Waals surface area contributed by atoms with Crippen LogP contribution in [0.4, 0.5) is 0 Å². The normalized spacial score (nSPS) is 10.9. The summed E-state index contributed by atoms with van der Waals surface area (Å²) in [5.74, 6) is 0. The molecule has 2 nitrogen and oxygen atoms in total. The fourth-order valence-electron chi connectivity index (χ4n) is 1.93. The molecule has 0 atom stereocenters. The van der Waals surface area contributed by atoms with Crippen LogP contribution < -0.4 is 4.87 Å². The van der Waals surface area contributed by atoms with Gasteiger partial charge < -0.3 is 4.98 Å². The van der Waals surface area contributed by atoms with Gasteiger partial charge in [0.05, 0.1) is 10.2 Å². The van der Waals surface area contributed by atoms with E-state index in [0.717, 1.165) is 21.3 Å². The van der Waals surface area contributed by atoms with Gasteiger partial charge >= 0.3 is 4.87 Å². The summed E-state index contributed by atoms with van der Waals surface area (Å²) in [7, 11) is 0. The molecular weight excluding hydrogens is 230 g/mol. The third-order valence-corrected chi connectivity index (χ3v) is 3.74. The molecule has 1 aromatic heterocycles. The molecule has 0 aliphatic carbocycles. The number of rotatable bonds is 1. The second kappa shape index (κ2) is 3.86. The third kappa shape index (κ3) is 1.78. The number of aromatic amines is 1. The van der Waals surface area contributed by atoms with Crippen molar-refractivity contribution in [2.45, 2.75) is 6.92 Å². The lowest BCUT2D eigenvalue weighted by Crippen LogP contribution is -1.89. The van der Waals surface area contributed by atoms with E-state index in [1.165, 1.54) is 16.9 Å². The highest BCUT2D eigenvalue weighted by molar-refractivity contribution is 7.17. The molecule has 0 amide bonds. The van der Waals surface area contributed by atoms with Crippen LogP contribution in [-0.4, -0.2) is 4.98 Å². The van der Waals surface area contributed by atoms with Crippen LogP contribution in [0.15, 0.2) is 47.3 Å². The van der Waals surface area contributed by atoms with E-state index < -0.39 is 0 Å². The van der Waals surface area contributed by atoms with Crippen LogP contribution in [-0.2, 0) is 0 Å². The molecule has 3 heteroatoms. The predicted octanol–water partition coefficient (Wildman–Crippen LogP) is 3.57. The first-order valence-electron chi connectivity index (χ1n) is 5.43. The summed E-state index contributed by atoms with van der Waals surface area (Å²) in [6.45, 7) is 2.07. The Hall–Kier alpha value is -1.87. The molecule has 0 fully saturated rings. The Balaban J connectivity index is 2.29. The van der Waals surface area contributed by atoms with Gasteiger partial charge in [-0.25, -0.2) is 0 Å². The number of hydrogen-bond acceptors (Lipinski definition) is 2. The average molecular weight is 241 g/mol. The Morgan fingerprint density at radius 3 is 2.59 bits per heavy atom. The fourth-order valence-corrected chi connectivity index (χ4v) is 2.81. The number of thiazole rings is 1. The van der Waals surface area contributed by atoms with Crippen LogP contribution in [0.3, 0.4) is 0 Å². The molecule has 1 N–H and O–H groups in total. The van der Waals surface area contributed by atoms with Gasteiger partial charge in [-0.2, -0.15) is 0 Å². The molecule has 17 heavy (non-hydrogen) atoms. The number of H-pyrrole nitrogens is 1. The molecule has 0 aliphatic rings. The molecule has 0 aliphatic heterocycles. The highest BCUT2D eigenvalue weighted by Crippen LogP contribution is 2.29. The molecule has 84 valence electrons. The Morgan fingerprint density at radius 1 is 1.06 bits per heavy atom. The van der Waals surface area contributed by atoms with Gasteiger partial charge in [-0.05, 0) is 18.6 Å². The molecule has 0 spiro atoms. The molecule has 0 unspecified atom stereocenters. The molecule has 0 saturated heterocycles. The van der Waals surface area contributed by atoms with E-state index in [1.54, 1.807) is 0 Å². The van der Waals surface area contributed by atoms with Gasteiger partial charge in [0.2, 0.25) is 0 Å². The largest absolute Gasteiger partial charge is 0.312 e. The van der Waals surface area contributed by atoms with Gasteiger partial charge in [-0.3, -0.25) is 4.79 Å². The van der Waals surface area contributed by atoms with E-state index >= 15 is 0 Å². The van der Waals surface area contributed by atoms with Crippen LogP contribution in [0.25, 0.3) is 21.3 Å². The van der Waals surface area contributed by atoms with Gasteiger partial charge in [0.1, 0.15) is 0 Å². The third-order valence-electron chi connectivity index (χ3n) is 2.81. The molecule has 1 heterocycles. The number of fused-ring (bicyclic) bond motifs is 1. The molecule has 2 aromatic carbocycles. The van der Waals surface area contributed by atoms with E-state index in [9.17, 15) is 4.79 Å². The first-order valence-corrected chi connectivity index (χ1v) is 6.24. The SMILES string of the molecule is Cc1ccc(-c2cccc3[nH]c(=O)sc23)cc1. The van der Waals surface area contributed by atoms with Crippen molar-refractivity contribution < 1.29 is 0 Å². The van der Waals surface area contributed by atoms with Crippen molar-refractivity contribution in [3.05, 3.63) is 57.7 Å². The lowest BCUT2D eigenvalue weighted by molar-refractivity contribution is 1.41. The maximum Gasteiger partial charge on any atom is 0.305 e. The van der Waals surface area contributed by atoms with Crippen LogP contribution in [0.5, 0.6) is 0 Å². The van der Waals surface area contributed by atoms with Crippen molar-refractivity contribution in [2.24, 2.45) is 0 Å². The van der Waals surface area contributed by atoms with Crippen LogP contribution in [0, 0.1) is 6.92 Å². The molecule has 0 radical (unpaired) electrons. The summed E-state index contributed by atoms with van der Waals surface area (Å²) in [5.41, 5.74) is 4.42. The minimum absolute atomic E-state index is 0.000406.